The SMILES string of the molecule is CC1(C)O[C@@H]([C@H](O)[C@@H](CO[Si](C)(C)C(C)(C)C)N=[N+]=[N-])[C@@H](C(N)=O)O1. The number of carbonyl (C=O) groups excluding carboxylic acids is 1. The molecule has 0 radical (unpaired) electrons. The number of azide groups is 1. The van der Waals surface area contributed by atoms with Crippen LogP contribution in [-0.2, 0) is 18.7 Å². The molecular weight excluding hydrogens is 344 g/mol. The Morgan fingerprint density at radius 3 is 2.44 bits per heavy atom. The number of amides is 1. The van der Waals surface area contributed by atoms with Crippen molar-refractivity contribution in [2.45, 2.75) is 82.9 Å². The zero-order valence-corrected chi connectivity index (χ0v) is 17.0. The summed E-state index contributed by atoms with van der Waals surface area (Å²) < 4.78 is 17.1. The van der Waals surface area contributed by atoms with Crippen LogP contribution in [0.4, 0.5) is 0 Å². The lowest BCUT2D eigenvalue weighted by Crippen LogP contribution is -2.50. The molecule has 0 aromatic carbocycles. The number of aliphatic hydroxyl groups excluding tert-OH is 1. The highest BCUT2D eigenvalue weighted by molar-refractivity contribution is 6.74. The molecule has 4 atom stereocenters. The predicted octanol–water partition coefficient (Wildman–Crippen LogP) is 2.05. The van der Waals surface area contributed by atoms with E-state index >= 15 is 0 Å². The number of carbonyl (C=O) groups is 1. The summed E-state index contributed by atoms with van der Waals surface area (Å²) in [5, 5.41) is 14.2. The molecule has 0 unspecified atom stereocenters. The molecule has 1 saturated heterocycles. The second kappa shape index (κ2) is 7.61. The minimum atomic E-state index is -2.11. The predicted molar refractivity (Wildman–Crippen MR) is 95.1 cm³/mol. The van der Waals surface area contributed by atoms with Crippen molar-refractivity contribution in [2.75, 3.05) is 6.61 Å². The zero-order chi connectivity index (χ0) is 19.6. The van der Waals surface area contributed by atoms with E-state index in [-0.39, 0.29) is 11.6 Å². The van der Waals surface area contributed by atoms with Gasteiger partial charge >= 0.3 is 0 Å². The Morgan fingerprint density at radius 2 is 2.00 bits per heavy atom. The summed E-state index contributed by atoms with van der Waals surface area (Å²) in [6.07, 6.45) is -3.46. The summed E-state index contributed by atoms with van der Waals surface area (Å²) in [6.45, 7) is 13.6. The van der Waals surface area contributed by atoms with E-state index in [0.717, 1.165) is 0 Å². The third kappa shape index (κ3) is 5.40. The van der Waals surface area contributed by atoms with Crippen molar-refractivity contribution in [3.05, 3.63) is 10.4 Å². The summed E-state index contributed by atoms with van der Waals surface area (Å²) in [6, 6.07) is -0.927. The maximum absolute atomic E-state index is 11.6. The van der Waals surface area contributed by atoms with Crippen LogP contribution in [-0.4, -0.2) is 56.1 Å². The van der Waals surface area contributed by atoms with Crippen molar-refractivity contribution in [3.63, 3.8) is 0 Å². The first-order chi connectivity index (χ1) is 11.2. The van der Waals surface area contributed by atoms with Gasteiger partial charge in [-0.2, -0.15) is 0 Å². The molecule has 0 saturated carbocycles. The molecule has 0 aromatic heterocycles. The monoisotopic (exact) mass is 374 g/mol. The fourth-order valence-electron chi connectivity index (χ4n) is 2.25. The van der Waals surface area contributed by atoms with E-state index in [9.17, 15) is 9.90 Å². The molecule has 9 nitrogen and oxygen atoms in total. The van der Waals surface area contributed by atoms with E-state index in [4.69, 9.17) is 25.2 Å². The van der Waals surface area contributed by atoms with Crippen LogP contribution in [0.25, 0.3) is 10.4 Å². The van der Waals surface area contributed by atoms with Gasteiger partial charge in [0.05, 0.1) is 12.1 Å². The maximum Gasteiger partial charge on any atom is 0.249 e. The smallest absolute Gasteiger partial charge is 0.249 e. The lowest BCUT2D eigenvalue weighted by atomic mass is 10.0. The Kier molecular flexibility index (Phi) is 6.66. The van der Waals surface area contributed by atoms with Crippen molar-refractivity contribution in [1.82, 2.24) is 0 Å². The average molecular weight is 375 g/mol. The van der Waals surface area contributed by atoms with Crippen molar-refractivity contribution < 1.29 is 23.8 Å². The van der Waals surface area contributed by atoms with Crippen molar-refractivity contribution >= 4 is 14.2 Å². The highest BCUT2D eigenvalue weighted by atomic mass is 28.4. The van der Waals surface area contributed by atoms with Crippen LogP contribution in [0.2, 0.25) is 18.1 Å². The Morgan fingerprint density at radius 1 is 1.44 bits per heavy atom. The first kappa shape index (κ1) is 21.9. The van der Waals surface area contributed by atoms with E-state index in [1.54, 1.807) is 13.8 Å². The summed E-state index contributed by atoms with van der Waals surface area (Å²) in [7, 11) is -2.11. The molecule has 1 rings (SSSR count). The van der Waals surface area contributed by atoms with E-state index in [2.05, 4.69) is 43.9 Å². The van der Waals surface area contributed by atoms with Gasteiger partial charge in [-0.25, -0.2) is 0 Å². The Bertz CT molecular complexity index is 543. The van der Waals surface area contributed by atoms with Crippen LogP contribution in [0, 0.1) is 0 Å². The fraction of sp³-hybridized carbons (Fsp3) is 0.933. The van der Waals surface area contributed by atoms with Gasteiger partial charge in [0.15, 0.2) is 20.2 Å². The molecule has 3 N–H and O–H groups in total. The molecule has 1 amide bonds. The number of ether oxygens (including phenoxy) is 2. The van der Waals surface area contributed by atoms with E-state index in [1.165, 1.54) is 0 Å². The first-order valence-corrected chi connectivity index (χ1v) is 11.1. The lowest BCUT2D eigenvalue weighted by molar-refractivity contribution is -0.160. The Balaban J connectivity index is 2.95. The highest BCUT2D eigenvalue weighted by Gasteiger charge is 2.49. The standard InChI is InChI=1S/C15H30N4O5Si/c1-14(2,3)25(6,7)22-8-9(18-19-17)10(20)11-12(13(16)21)24-15(4,5)23-11/h9-12,20H,8H2,1-7H3,(H2,16,21)/t9-,10-,11+,12+/m1/s1. The van der Waals surface area contributed by atoms with Gasteiger partial charge in [-0.05, 0) is 37.5 Å². The summed E-state index contributed by atoms with van der Waals surface area (Å²) in [4.78, 5) is 14.4. The number of aliphatic hydroxyl groups is 1. The molecule has 1 fully saturated rings. The molecule has 1 aliphatic rings. The quantitative estimate of drug-likeness (QED) is 0.304. The molecule has 144 valence electrons. The van der Waals surface area contributed by atoms with Gasteiger partial charge in [-0.1, -0.05) is 25.9 Å². The lowest BCUT2D eigenvalue weighted by Gasteiger charge is -2.37. The number of hydrogen-bond acceptors (Lipinski definition) is 6. The molecule has 0 aliphatic carbocycles. The van der Waals surface area contributed by atoms with Gasteiger partial charge in [0.25, 0.3) is 0 Å². The minimum Gasteiger partial charge on any atom is -0.416 e. The van der Waals surface area contributed by atoms with Gasteiger partial charge in [-0.15, -0.1) is 0 Å². The molecule has 0 bridgehead atoms. The van der Waals surface area contributed by atoms with Crippen LogP contribution in [0.1, 0.15) is 34.6 Å². The summed E-state index contributed by atoms with van der Waals surface area (Å²) in [5.74, 6) is -1.83. The number of primary amides is 1. The third-order valence-corrected chi connectivity index (χ3v) is 9.26. The molecule has 10 heteroatoms. The van der Waals surface area contributed by atoms with Gasteiger partial charge in [0.1, 0.15) is 6.10 Å². The van der Waals surface area contributed by atoms with Crippen LogP contribution >= 0.6 is 0 Å². The molecule has 0 spiro atoms. The fourth-order valence-corrected chi connectivity index (χ4v) is 3.28. The topological polar surface area (TPSA) is 140 Å². The second-order valence-corrected chi connectivity index (χ2v) is 13.1. The second-order valence-electron chi connectivity index (χ2n) is 8.26. The van der Waals surface area contributed by atoms with E-state index in [1.807, 2.05) is 0 Å². The molecule has 25 heavy (non-hydrogen) atoms. The first-order valence-electron chi connectivity index (χ1n) is 8.23. The van der Waals surface area contributed by atoms with E-state index in [0.29, 0.717) is 0 Å². The number of nitrogens with zero attached hydrogens (tertiary/aromatic N) is 3. The summed E-state index contributed by atoms with van der Waals surface area (Å²) in [5.41, 5.74) is 14.2. The number of rotatable bonds is 7. The number of hydrogen-bond donors (Lipinski definition) is 2. The molecule has 1 aliphatic heterocycles. The van der Waals surface area contributed by atoms with Gasteiger partial charge in [0, 0.05) is 11.5 Å². The Labute approximate surface area is 149 Å². The van der Waals surface area contributed by atoms with E-state index < -0.39 is 44.4 Å². The third-order valence-electron chi connectivity index (χ3n) is 4.76. The zero-order valence-electron chi connectivity index (χ0n) is 16.0. The van der Waals surface area contributed by atoms with Crippen molar-refractivity contribution in [1.29, 1.82) is 0 Å². The average Bonchev–Trinajstić information content (AvgIpc) is 2.77. The summed E-state index contributed by atoms with van der Waals surface area (Å²) >= 11 is 0. The van der Waals surface area contributed by atoms with Crippen LogP contribution in [0.3, 0.4) is 0 Å². The number of nitrogens with two attached hydrogens (primary N) is 1. The minimum absolute atomic E-state index is 0.0213. The van der Waals surface area contributed by atoms with Crippen LogP contribution in [0.5, 0.6) is 0 Å². The van der Waals surface area contributed by atoms with Crippen LogP contribution in [0.15, 0.2) is 5.11 Å². The molecule has 1 heterocycles. The Hall–Kier alpha value is -1.16. The van der Waals surface area contributed by atoms with Gasteiger partial charge in [-0.3, -0.25) is 4.79 Å². The highest BCUT2D eigenvalue weighted by Crippen LogP contribution is 2.37. The van der Waals surface area contributed by atoms with Gasteiger partial charge in [0.2, 0.25) is 5.91 Å². The van der Waals surface area contributed by atoms with Gasteiger partial charge < -0.3 is 24.7 Å². The maximum atomic E-state index is 11.6. The molecule has 0 aromatic rings. The van der Waals surface area contributed by atoms with Crippen LogP contribution < -0.4 is 5.73 Å². The normalized spacial score (nSPS) is 25.9. The molecular formula is C15H30N4O5Si. The van der Waals surface area contributed by atoms with Crippen molar-refractivity contribution in [3.8, 4) is 0 Å². The largest absolute Gasteiger partial charge is 0.416 e. The van der Waals surface area contributed by atoms with Crippen molar-refractivity contribution in [2.24, 2.45) is 10.8 Å².